The highest BCUT2D eigenvalue weighted by Gasteiger charge is 2.21. The fourth-order valence-electron chi connectivity index (χ4n) is 1.01. The maximum atomic E-state index is 13.2. The van der Waals surface area contributed by atoms with Crippen LogP contribution in [0.4, 0.5) is 4.39 Å². The van der Waals surface area contributed by atoms with Gasteiger partial charge in [0.1, 0.15) is 11.6 Å². The van der Waals surface area contributed by atoms with Gasteiger partial charge >= 0.3 is 5.97 Å². The molecule has 1 aromatic carbocycles. The second kappa shape index (κ2) is 4.54. The van der Waals surface area contributed by atoms with Gasteiger partial charge in [0, 0.05) is 0 Å². The van der Waals surface area contributed by atoms with E-state index in [1.54, 1.807) is 0 Å². The second-order valence-corrected chi connectivity index (χ2v) is 2.67. The molecule has 0 N–H and O–H groups in total. The van der Waals surface area contributed by atoms with Crippen molar-refractivity contribution in [1.82, 2.24) is 0 Å². The van der Waals surface area contributed by atoms with E-state index >= 15 is 0 Å². The predicted molar refractivity (Wildman–Crippen MR) is 49.3 cm³/mol. The number of hydrogen-bond donors (Lipinski definition) is 0. The summed E-state index contributed by atoms with van der Waals surface area (Å²) in [4.78, 5) is 22.2. The van der Waals surface area contributed by atoms with Crippen LogP contribution in [0.2, 0.25) is 0 Å². The van der Waals surface area contributed by atoms with Crippen molar-refractivity contribution < 1.29 is 23.5 Å². The van der Waals surface area contributed by atoms with E-state index in [0.29, 0.717) is 5.75 Å². The topological polar surface area (TPSA) is 52.6 Å². The Hall–Kier alpha value is -1.91. The number of ketones is 1. The maximum Gasteiger partial charge on any atom is 0.379 e. The summed E-state index contributed by atoms with van der Waals surface area (Å²) < 4.78 is 22.2. The van der Waals surface area contributed by atoms with Crippen molar-refractivity contribution in [2.75, 3.05) is 14.2 Å². The number of Topliss-reactive ketones (excluding diaryl/α,β-unsaturated/α-hetero) is 1. The molecule has 0 saturated carbocycles. The molecule has 0 saturated heterocycles. The lowest BCUT2D eigenvalue weighted by Crippen LogP contribution is -2.17. The molecular formula is C10H9FO4. The van der Waals surface area contributed by atoms with E-state index in [9.17, 15) is 14.0 Å². The highest BCUT2D eigenvalue weighted by atomic mass is 19.1. The molecule has 1 aromatic rings. The number of rotatable bonds is 3. The van der Waals surface area contributed by atoms with Crippen LogP contribution in [0, 0.1) is 5.82 Å². The number of hydrogen-bond acceptors (Lipinski definition) is 4. The minimum atomic E-state index is -1.11. The summed E-state index contributed by atoms with van der Waals surface area (Å²) >= 11 is 0. The molecule has 0 aliphatic carbocycles. The normalized spacial score (nSPS) is 9.53. The van der Waals surface area contributed by atoms with E-state index in [1.165, 1.54) is 13.2 Å². The Morgan fingerprint density at radius 1 is 1.27 bits per heavy atom. The van der Waals surface area contributed by atoms with Gasteiger partial charge in [-0.05, 0) is 18.2 Å². The van der Waals surface area contributed by atoms with E-state index < -0.39 is 17.6 Å². The monoisotopic (exact) mass is 212 g/mol. The first-order chi connectivity index (χ1) is 7.10. The molecule has 0 aliphatic rings. The van der Waals surface area contributed by atoms with Crippen LogP contribution in [-0.2, 0) is 9.53 Å². The lowest BCUT2D eigenvalue weighted by molar-refractivity contribution is -0.135. The Kier molecular flexibility index (Phi) is 3.38. The smallest absolute Gasteiger partial charge is 0.379 e. The molecule has 1 rings (SSSR count). The van der Waals surface area contributed by atoms with Crippen molar-refractivity contribution >= 4 is 11.8 Å². The zero-order valence-corrected chi connectivity index (χ0v) is 8.24. The van der Waals surface area contributed by atoms with Crippen molar-refractivity contribution in [2.45, 2.75) is 0 Å². The van der Waals surface area contributed by atoms with E-state index in [2.05, 4.69) is 4.74 Å². The quantitative estimate of drug-likeness (QED) is 0.429. The number of benzene rings is 1. The molecule has 5 heteroatoms. The number of halogens is 1. The minimum Gasteiger partial charge on any atom is -0.497 e. The number of ether oxygens (including phenoxy) is 2. The first kappa shape index (κ1) is 11.2. The molecular weight excluding hydrogens is 203 g/mol. The van der Waals surface area contributed by atoms with Crippen molar-refractivity contribution in [3.05, 3.63) is 29.6 Å². The number of carbonyl (C=O) groups excluding carboxylic acids is 2. The molecule has 0 heterocycles. The minimum absolute atomic E-state index is 0.295. The SMILES string of the molecule is COC(=O)C(=O)c1cc(OC)ccc1F. The molecule has 0 aliphatic heterocycles. The molecule has 0 radical (unpaired) electrons. The Bertz CT molecular complexity index is 400. The van der Waals surface area contributed by atoms with Crippen LogP contribution in [0.25, 0.3) is 0 Å². The highest BCUT2D eigenvalue weighted by Crippen LogP contribution is 2.17. The van der Waals surface area contributed by atoms with Gasteiger partial charge in [-0.1, -0.05) is 0 Å². The lowest BCUT2D eigenvalue weighted by Gasteiger charge is -2.03. The van der Waals surface area contributed by atoms with Gasteiger partial charge < -0.3 is 9.47 Å². The molecule has 0 fully saturated rings. The Morgan fingerprint density at radius 2 is 1.93 bits per heavy atom. The first-order valence-corrected chi connectivity index (χ1v) is 4.06. The van der Waals surface area contributed by atoms with Crippen LogP contribution < -0.4 is 4.74 Å². The molecule has 0 bridgehead atoms. The van der Waals surface area contributed by atoms with Gasteiger partial charge in [-0.3, -0.25) is 4.79 Å². The van der Waals surface area contributed by atoms with Crippen molar-refractivity contribution in [2.24, 2.45) is 0 Å². The standard InChI is InChI=1S/C10H9FO4/c1-14-6-3-4-8(11)7(5-6)9(12)10(13)15-2/h3-5H,1-2H3. The third-order valence-corrected chi connectivity index (χ3v) is 1.79. The van der Waals surface area contributed by atoms with Gasteiger partial charge in [0.15, 0.2) is 0 Å². The molecule has 15 heavy (non-hydrogen) atoms. The van der Waals surface area contributed by atoms with Crippen LogP contribution in [0.15, 0.2) is 18.2 Å². The van der Waals surface area contributed by atoms with Crippen LogP contribution >= 0.6 is 0 Å². The first-order valence-electron chi connectivity index (χ1n) is 4.06. The van der Waals surface area contributed by atoms with E-state index in [0.717, 1.165) is 19.2 Å². The molecule has 0 atom stereocenters. The van der Waals surface area contributed by atoms with Crippen LogP contribution in [-0.4, -0.2) is 26.0 Å². The van der Waals surface area contributed by atoms with Gasteiger partial charge in [0.25, 0.3) is 5.78 Å². The molecule has 0 spiro atoms. The fraction of sp³-hybridized carbons (Fsp3) is 0.200. The van der Waals surface area contributed by atoms with Crippen LogP contribution in [0.3, 0.4) is 0 Å². The van der Waals surface area contributed by atoms with Crippen LogP contribution in [0.5, 0.6) is 5.75 Å². The summed E-state index contributed by atoms with van der Waals surface area (Å²) in [5.41, 5.74) is -0.360. The zero-order valence-electron chi connectivity index (χ0n) is 8.24. The molecule has 0 aromatic heterocycles. The zero-order chi connectivity index (χ0) is 11.4. The third kappa shape index (κ3) is 2.31. The Labute approximate surface area is 85.6 Å². The molecule has 80 valence electrons. The van der Waals surface area contributed by atoms with Gasteiger partial charge in [-0.2, -0.15) is 0 Å². The molecule has 0 amide bonds. The van der Waals surface area contributed by atoms with E-state index in [1.807, 2.05) is 0 Å². The third-order valence-electron chi connectivity index (χ3n) is 1.79. The summed E-state index contributed by atoms with van der Waals surface area (Å²) in [6, 6.07) is 3.55. The van der Waals surface area contributed by atoms with Gasteiger partial charge in [0.05, 0.1) is 19.8 Å². The Balaban J connectivity index is 3.12. The van der Waals surface area contributed by atoms with E-state index in [4.69, 9.17) is 4.74 Å². The summed E-state index contributed by atoms with van der Waals surface area (Å²) in [5, 5.41) is 0. The fourth-order valence-corrected chi connectivity index (χ4v) is 1.01. The van der Waals surface area contributed by atoms with Gasteiger partial charge in [0.2, 0.25) is 0 Å². The Morgan fingerprint density at radius 3 is 2.47 bits per heavy atom. The summed E-state index contributed by atoms with van der Waals surface area (Å²) in [5.74, 6) is -2.63. The maximum absolute atomic E-state index is 13.2. The number of carbonyl (C=O) groups is 2. The molecule has 0 unspecified atom stereocenters. The average molecular weight is 212 g/mol. The number of esters is 1. The summed E-state index contributed by atoms with van der Waals surface area (Å²) in [6.45, 7) is 0. The lowest BCUT2D eigenvalue weighted by atomic mass is 10.1. The highest BCUT2D eigenvalue weighted by molar-refractivity contribution is 6.40. The largest absolute Gasteiger partial charge is 0.497 e. The van der Waals surface area contributed by atoms with Crippen molar-refractivity contribution in [1.29, 1.82) is 0 Å². The summed E-state index contributed by atoms with van der Waals surface area (Å²) in [6.07, 6.45) is 0. The van der Waals surface area contributed by atoms with Gasteiger partial charge in [-0.25, -0.2) is 9.18 Å². The summed E-state index contributed by atoms with van der Waals surface area (Å²) in [7, 11) is 2.43. The molecule has 4 nitrogen and oxygen atoms in total. The predicted octanol–water partition coefficient (Wildman–Crippen LogP) is 1.19. The van der Waals surface area contributed by atoms with Crippen molar-refractivity contribution in [3.8, 4) is 5.75 Å². The number of methoxy groups -OCH3 is 2. The average Bonchev–Trinajstić information content (AvgIpc) is 2.27. The van der Waals surface area contributed by atoms with Gasteiger partial charge in [-0.15, -0.1) is 0 Å². The van der Waals surface area contributed by atoms with Crippen LogP contribution in [0.1, 0.15) is 10.4 Å². The second-order valence-electron chi connectivity index (χ2n) is 2.67. The van der Waals surface area contributed by atoms with Crippen molar-refractivity contribution in [3.63, 3.8) is 0 Å². The van der Waals surface area contributed by atoms with E-state index in [-0.39, 0.29) is 5.56 Å².